The van der Waals surface area contributed by atoms with Gasteiger partial charge >= 0.3 is 0 Å². The molecule has 0 atom stereocenters. The monoisotopic (exact) mass is 520 g/mol. The smallest absolute Gasteiger partial charge is 0.204 e. The molecule has 2 aromatic rings. The maximum absolute atomic E-state index is 4.43. The van der Waals surface area contributed by atoms with Gasteiger partial charge in [0, 0.05) is 46.3 Å². The average Bonchev–Trinajstić information content (AvgIpc) is 2.91. The van der Waals surface area contributed by atoms with E-state index < -0.39 is 0 Å². The molecular formula is C17H26BrIN6. The van der Waals surface area contributed by atoms with Gasteiger partial charge in [-0.1, -0.05) is 34.1 Å². The lowest BCUT2D eigenvalue weighted by Gasteiger charge is -2.23. The van der Waals surface area contributed by atoms with Crippen LogP contribution in [0.5, 0.6) is 0 Å². The number of aromatic nitrogens is 2. The molecule has 25 heavy (non-hydrogen) atoms. The van der Waals surface area contributed by atoms with E-state index >= 15 is 0 Å². The van der Waals surface area contributed by atoms with Crippen molar-refractivity contribution < 1.29 is 0 Å². The van der Waals surface area contributed by atoms with Crippen molar-refractivity contribution >= 4 is 51.8 Å². The van der Waals surface area contributed by atoms with Crippen LogP contribution in [0.15, 0.2) is 39.9 Å². The number of rotatable bonds is 5. The van der Waals surface area contributed by atoms with E-state index in [-0.39, 0.29) is 24.0 Å². The second kappa shape index (κ2) is 10.0. The summed E-state index contributed by atoms with van der Waals surface area (Å²) in [6, 6.07) is 8.23. The normalized spacial score (nSPS) is 11.0. The first-order valence-corrected chi connectivity index (χ1v) is 8.56. The summed E-state index contributed by atoms with van der Waals surface area (Å²) in [7, 11) is 9.83. The molecule has 0 aliphatic rings. The van der Waals surface area contributed by atoms with E-state index in [1.807, 2.05) is 51.4 Å². The van der Waals surface area contributed by atoms with E-state index in [1.165, 1.54) is 5.56 Å². The van der Waals surface area contributed by atoms with E-state index in [0.29, 0.717) is 6.54 Å². The molecule has 2 rings (SSSR count). The highest BCUT2D eigenvalue weighted by atomic mass is 127. The van der Waals surface area contributed by atoms with Gasteiger partial charge in [0.05, 0.1) is 18.4 Å². The fourth-order valence-corrected chi connectivity index (χ4v) is 2.94. The third-order valence-electron chi connectivity index (χ3n) is 3.83. The lowest BCUT2D eigenvalue weighted by molar-refractivity contribution is 0.474. The van der Waals surface area contributed by atoms with Crippen molar-refractivity contribution in [3.63, 3.8) is 0 Å². The number of nitrogens with one attached hydrogen (secondary N) is 1. The molecule has 0 fully saturated rings. The van der Waals surface area contributed by atoms with Gasteiger partial charge in [-0.2, -0.15) is 0 Å². The first-order chi connectivity index (χ1) is 11.4. The molecule has 8 heteroatoms. The molecular weight excluding hydrogens is 495 g/mol. The molecule has 0 aliphatic carbocycles. The number of benzene rings is 1. The third-order valence-corrected chi connectivity index (χ3v) is 4.60. The summed E-state index contributed by atoms with van der Waals surface area (Å²) in [5, 5.41) is 3.40. The lowest BCUT2D eigenvalue weighted by atomic mass is 10.2. The summed E-state index contributed by atoms with van der Waals surface area (Å²) >= 11 is 3.59. The minimum Gasteiger partial charge on any atom is -0.351 e. The van der Waals surface area contributed by atoms with Crippen LogP contribution in [-0.2, 0) is 20.1 Å². The number of anilines is 1. The van der Waals surface area contributed by atoms with E-state index in [9.17, 15) is 0 Å². The first kappa shape index (κ1) is 21.8. The zero-order chi connectivity index (χ0) is 17.7. The van der Waals surface area contributed by atoms with E-state index in [2.05, 4.69) is 52.8 Å². The summed E-state index contributed by atoms with van der Waals surface area (Å²) in [4.78, 5) is 12.9. The van der Waals surface area contributed by atoms with Crippen LogP contribution >= 0.6 is 39.9 Å². The molecule has 6 nitrogen and oxygen atoms in total. The van der Waals surface area contributed by atoms with Gasteiger partial charge in [-0.05, 0) is 11.6 Å². The topological polar surface area (TPSA) is 48.7 Å². The van der Waals surface area contributed by atoms with Crippen molar-refractivity contribution in [2.24, 2.45) is 12.0 Å². The number of imidazole rings is 1. The van der Waals surface area contributed by atoms with Crippen LogP contribution < -0.4 is 10.2 Å². The number of aliphatic imine (C=N–C) groups is 1. The molecule has 0 spiro atoms. The van der Waals surface area contributed by atoms with E-state index in [4.69, 9.17) is 0 Å². The number of nitrogens with zero attached hydrogens (tertiary/aromatic N) is 5. The van der Waals surface area contributed by atoms with Crippen LogP contribution in [-0.4, -0.2) is 48.6 Å². The highest BCUT2D eigenvalue weighted by Crippen LogP contribution is 2.17. The minimum atomic E-state index is 0. The van der Waals surface area contributed by atoms with E-state index in [0.717, 1.165) is 28.6 Å². The number of hydrogen-bond acceptors (Lipinski definition) is 3. The van der Waals surface area contributed by atoms with Crippen LogP contribution in [0.3, 0.4) is 0 Å². The number of guanidine groups is 1. The summed E-state index contributed by atoms with van der Waals surface area (Å²) < 4.78 is 3.18. The Balaban J connectivity index is 0.00000312. The molecule has 0 unspecified atom stereocenters. The second-order valence-corrected chi connectivity index (χ2v) is 6.71. The largest absolute Gasteiger partial charge is 0.351 e. The van der Waals surface area contributed by atoms with Gasteiger partial charge in [0.2, 0.25) is 5.95 Å². The predicted molar refractivity (Wildman–Crippen MR) is 119 cm³/mol. The molecule has 0 amide bonds. The Morgan fingerprint density at radius 2 is 1.96 bits per heavy atom. The Hall–Kier alpha value is -1.29. The van der Waals surface area contributed by atoms with Gasteiger partial charge in [0.15, 0.2) is 5.96 Å². The van der Waals surface area contributed by atoms with Gasteiger partial charge in [0.1, 0.15) is 0 Å². The average molecular weight is 521 g/mol. The summed E-state index contributed by atoms with van der Waals surface area (Å²) in [5.41, 5.74) is 2.33. The molecule has 0 aliphatic heterocycles. The maximum atomic E-state index is 4.43. The Morgan fingerprint density at radius 3 is 2.52 bits per heavy atom. The Morgan fingerprint density at radius 1 is 1.28 bits per heavy atom. The molecule has 1 aromatic heterocycles. The molecule has 0 saturated heterocycles. The zero-order valence-corrected chi connectivity index (χ0v) is 19.2. The predicted octanol–water partition coefficient (Wildman–Crippen LogP) is 3.07. The van der Waals surface area contributed by atoms with E-state index in [1.54, 1.807) is 7.05 Å². The molecule has 0 radical (unpaired) electrons. The van der Waals surface area contributed by atoms with Crippen molar-refractivity contribution in [2.45, 2.75) is 13.1 Å². The van der Waals surface area contributed by atoms with Gasteiger partial charge in [-0.3, -0.25) is 4.99 Å². The van der Waals surface area contributed by atoms with Crippen LogP contribution in [0, 0.1) is 0 Å². The minimum absolute atomic E-state index is 0. The van der Waals surface area contributed by atoms with Crippen LogP contribution in [0.2, 0.25) is 0 Å². The SMILES string of the molecule is CN=C(NCc1cnc(N(C)C)n1C)N(C)Cc1ccccc1Br.I. The lowest BCUT2D eigenvalue weighted by Crippen LogP contribution is -2.38. The van der Waals surface area contributed by atoms with Crippen LogP contribution in [0.4, 0.5) is 5.95 Å². The van der Waals surface area contributed by atoms with Crippen molar-refractivity contribution in [2.75, 3.05) is 33.1 Å². The third kappa shape index (κ3) is 5.60. The maximum Gasteiger partial charge on any atom is 0.204 e. The molecule has 1 aromatic carbocycles. The Labute approximate surface area is 175 Å². The molecule has 1 N–H and O–H groups in total. The standard InChI is InChI=1S/C17H25BrN6.HI/c1-19-16(23(4)12-13-8-6-7-9-15(13)18)20-10-14-11-21-17(22(2)3)24(14)5;/h6-9,11H,10,12H2,1-5H3,(H,19,20);1H. The van der Waals surface area contributed by atoms with Gasteiger partial charge < -0.3 is 19.7 Å². The zero-order valence-electron chi connectivity index (χ0n) is 15.3. The van der Waals surface area contributed by atoms with Crippen molar-refractivity contribution in [3.05, 3.63) is 46.2 Å². The van der Waals surface area contributed by atoms with Crippen molar-refractivity contribution in [1.82, 2.24) is 19.8 Å². The van der Waals surface area contributed by atoms with Gasteiger partial charge in [0.25, 0.3) is 0 Å². The molecule has 138 valence electrons. The highest BCUT2D eigenvalue weighted by molar-refractivity contribution is 14.0. The second-order valence-electron chi connectivity index (χ2n) is 5.85. The van der Waals surface area contributed by atoms with Crippen molar-refractivity contribution in [1.29, 1.82) is 0 Å². The van der Waals surface area contributed by atoms with Gasteiger partial charge in [-0.15, -0.1) is 24.0 Å². The first-order valence-electron chi connectivity index (χ1n) is 7.77. The summed E-state index contributed by atoms with van der Waals surface area (Å²) in [6.45, 7) is 1.44. The fourth-order valence-electron chi connectivity index (χ4n) is 2.52. The van der Waals surface area contributed by atoms with Crippen molar-refractivity contribution in [3.8, 4) is 0 Å². The summed E-state index contributed by atoms with van der Waals surface area (Å²) in [5.74, 6) is 1.78. The van der Waals surface area contributed by atoms with Crippen LogP contribution in [0.25, 0.3) is 0 Å². The Bertz CT molecular complexity index is 713. The fraction of sp³-hybridized carbons (Fsp3) is 0.412. The molecule has 0 bridgehead atoms. The summed E-state index contributed by atoms with van der Waals surface area (Å²) in [6.07, 6.45) is 1.89. The molecule has 0 saturated carbocycles. The number of hydrogen-bond donors (Lipinski definition) is 1. The quantitative estimate of drug-likeness (QED) is 0.374. The van der Waals surface area contributed by atoms with Gasteiger partial charge in [-0.25, -0.2) is 4.98 Å². The number of halogens is 2. The highest BCUT2D eigenvalue weighted by Gasteiger charge is 2.11. The Kier molecular flexibility index (Phi) is 8.70. The molecule has 1 heterocycles. The van der Waals surface area contributed by atoms with Crippen LogP contribution in [0.1, 0.15) is 11.3 Å².